The van der Waals surface area contributed by atoms with E-state index in [9.17, 15) is 0 Å². The fraction of sp³-hybridized carbons (Fsp3) is 0.200. The molecular formula is C15H17NO2. The molecule has 18 heavy (non-hydrogen) atoms. The smallest absolute Gasteiger partial charge is 0.123 e. The molecule has 0 heterocycles. The van der Waals surface area contributed by atoms with Gasteiger partial charge in [-0.2, -0.15) is 0 Å². The summed E-state index contributed by atoms with van der Waals surface area (Å²) in [5, 5.41) is 0. The minimum atomic E-state index is 0.514. The Morgan fingerprint density at radius 2 is 1.67 bits per heavy atom. The molecule has 0 radical (unpaired) electrons. The molecule has 0 bridgehead atoms. The number of nitrogens with two attached hydrogens (primary N) is 1. The highest BCUT2D eigenvalue weighted by atomic mass is 16.5. The normalized spacial score (nSPS) is 10.1. The molecule has 0 saturated heterocycles. The lowest BCUT2D eigenvalue weighted by Crippen LogP contribution is -2.04. The summed E-state index contributed by atoms with van der Waals surface area (Å²) < 4.78 is 10.9. The molecule has 2 N–H and O–H groups in total. The average molecular weight is 243 g/mol. The Labute approximate surface area is 107 Å². The Balaban J connectivity index is 2.06. The summed E-state index contributed by atoms with van der Waals surface area (Å²) in [5.41, 5.74) is 7.91. The Morgan fingerprint density at radius 3 is 2.39 bits per heavy atom. The highest BCUT2D eigenvalue weighted by Crippen LogP contribution is 2.20. The molecule has 0 aliphatic carbocycles. The summed E-state index contributed by atoms with van der Waals surface area (Å²) in [4.78, 5) is 0. The van der Waals surface area contributed by atoms with Crippen molar-refractivity contribution in [1.29, 1.82) is 0 Å². The molecule has 0 aromatic heterocycles. The Kier molecular flexibility index (Phi) is 4.20. The van der Waals surface area contributed by atoms with E-state index in [1.165, 1.54) is 0 Å². The van der Waals surface area contributed by atoms with Crippen LogP contribution < -0.4 is 15.2 Å². The zero-order valence-corrected chi connectivity index (χ0v) is 10.4. The lowest BCUT2D eigenvalue weighted by molar-refractivity contribution is 0.302. The SMILES string of the molecule is COc1cccc(OCc2ccccc2CN)c1. The number of rotatable bonds is 5. The van der Waals surface area contributed by atoms with E-state index in [2.05, 4.69) is 0 Å². The minimum Gasteiger partial charge on any atom is -0.497 e. The van der Waals surface area contributed by atoms with Crippen molar-refractivity contribution in [2.75, 3.05) is 7.11 Å². The van der Waals surface area contributed by atoms with Crippen molar-refractivity contribution < 1.29 is 9.47 Å². The highest BCUT2D eigenvalue weighted by Gasteiger charge is 2.02. The zero-order chi connectivity index (χ0) is 12.8. The lowest BCUT2D eigenvalue weighted by Gasteiger charge is -2.10. The summed E-state index contributed by atoms with van der Waals surface area (Å²) in [6.45, 7) is 1.04. The van der Waals surface area contributed by atoms with Gasteiger partial charge in [0.05, 0.1) is 7.11 Å². The molecule has 2 rings (SSSR count). The third-order valence-electron chi connectivity index (χ3n) is 2.77. The fourth-order valence-electron chi connectivity index (χ4n) is 1.75. The van der Waals surface area contributed by atoms with Crippen LogP contribution in [0, 0.1) is 0 Å². The van der Waals surface area contributed by atoms with Gasteiger partial charge in [-0.3, -0.25) is 0 Å². The van der Waals surface area contributed by atoms with Gasteiger partial charge in [-0.25, -0.2) is 0 Å². The van der Waals surface area contributed by atoms with Gasteiger partial charge in [0, 0.05) is 12.6 Å². The van der Waals surface area contributed by atoms with E-state index in [4.69, 9.17) is 15.2 Å². The molecule has 0 amide bonds. The summed E-state index contributed by atoms with van der Waals surface area (Å²) in [6.07, 6.45) is 0. The van der Waals surface area contributed by atoms with Gasteiger partial charge in [0.15, 0.2) is 0 Å². The first-order chi connectivity index (χ1) is 8.83. The first-order valence-electron chi connectivity index (χ1n) is 5.87. The molecule has 0 aliphatic heterocycles. The van der Waals surface area contributed by atoms with E-state index in [0.29, 0.717) is 13.2 Å². The standard InChI is InChI=1S/C15H17NO2/c1-17-14-7-4-8-15(9-14)18-11-13-6-3-2-5-12(13)10-16/h2-9H,10-11,16H2,1H3. The molecule has 0 unspecified atom stereocenters. The fourth-order valence-corrected chi connectivity index (χ4v) is 1.75. The summed E-state index contributed by atoms with van der Waals surface area (Å²) >= 11 is 0. The zero-order valence-electron chi connectivity index (χ0n) is 10.4. The van der Waals surface area contributed by atoms with Crippen LogP contribution in [0.2, 0.25) is 0 Å². The topological polar surface area (TPSA) is 44.5 Å². The van der Waals surface area contributed by atoms with Crippen molar-refractivity contribution in [3.8, 4) is 11.5 Å². The summed E-state index contributed by atoms with van der Waals surface area (Å²) in [6, 6.07) is 15.6. The maximum Gasteiger partial charge on any atom is 0.123 e. The number of benzene rings is 2. The van der Waals surface area contributed by atoms with Crippen LogP contribution in [0.15, 0.2) is 48.5 Å². The molecule has 0 spiro atoms. The summed E-state index contributed by atoms with van der Waals surface area (Å²) in [5.74, 6) is 1.58. The van der Waals surface area contributed by atoms with Gasteiger partial charge in [-0.05, 0) is 23.3 Å². The molecule has 3 heteroatoms. The second-order valence-corrected chi connectivity index (χ2v) is 3.94. The van der Waals surface area contributed by atoms with Gasteiger partial charge < -0.3 is 15.2 Å². The first-order valence-corrected chi connectivity index (χ1v) is 5.87. The molecule has 0 saturated carbocycles. The van der Waals surface area contributed by atoms with Crippen molar-refractivity contribution in [2.24, 2.45) is 5.73 Å². The Hall–Kier alpha value is -2.00. The highest BCUT2D eigenvalue weighted by molar-refractivity contribution is 5.33. The quantitative estimate of drug-likeness (QED) is 0.878. The molecule has 2 aromatic carbocycles. The van der Waals surface area contributed by atoms with Crippen molar-refractivity contribution in [3.63, 3.8) is 0 Å². The largest absolute Gasteiger partial charge is 0.497 e. The van der Waals surface area contributed by atoms with Crippen molar-refractivity contribution >= 4 is 0 Å². The Morgan fingerprint density at radius 1 is 0.944 bits per heavy atom. The van der Waals surface area contributed by atoms with Crippen LogP contribution in [0.4, 0.5) is 0 Å². The van der Waals surface area contributed by atoms with Gasteiger partial charge in [0.1, 0.15) is 18.1 Å². The number of ether oxygens (including phenoxy) is 2. The minimum absolute atomic E-state index is 0.514. The molecule has 0 aliphatic rings. The maximum atomic E-state index is 5.74. The van der Waals surface area contributed by atoms with Crippen molar-refractivity contribution in [3.05, 3.63) is 59.7 Å². The van der Waals surface area contributed by atoms with Crippen LogP contribution >= 0.6 is 0 Å². The molecule has 94 valence electrons. The van der Waals surface area contributed by atoms with Crippen LogP contribution in [0.25, 0.3) is 0 Å². The van der Waals surface area contributed by atoms with E-state index < -0.39 is 0 Å². The van der Waals surface area contributed by atoms with E-state index in [1.54, 1.807) is 7.11 Å². The second-order valence-electron chi connectivity index (χ2n) is 3.94. The van der Waals surface area contributed by atoms with Crippen molar-refractivity contribution in [2.45, 2.75) is 13.2 Å². The predicted octanol–water partition coefficient (Wildman–Crippen LogP) is 2.73. The average Bonchev–Trinajstić information content (AvgIpc) is 2.45. The molecule has 3 nitrogen and oxygen atoms in total. The van der Waals surface area contributed by atoms with Gasteiger partial charge in [-0.15, -0.1) is 0 Å². The first kappa shape index (κ1) is 12.5. The van der Waals surface area contributed by atoms with Gasteiger partial charge >= 0.3 is 0 Å². The number of hydrogen-bond acceptors (Lipinski definition) is 3. The van der Waals surface area contributed by atoms with Gasteiger partial charge in [0.25, 0.3) is 0 Å². The predicted molar refractivity (Wildman–Crippen MR) is 71.7 cm³/mol. The van der Waals surface area contributed by atoms with Crippen LogP contribution in [0.3, 0.4) is 0 Å². The van der Waals surface area contributed by atoms with E-state index in [1.807, 2.05) is 48.5 Å². The number of hydrogen-bond donors (Lipinski definition) is 1. The van der Waals surface area contributed by atoms with Gasteiger partial charge in [0.2, 0.25) is 0 Å². The molecule has 2 aromatic rings. The molecule has 0 atom stereocenters. The van der Waals surface area contributed by atoms with E-state index >= 15 is 0 Å². The summed E-state index contributed by atoms with van der Waals surface area (Å²) in [7, 11) is 1.64. The maximum absolute atomic E-state index is 5.74. The van der Waals surface area contributed by atoms with Crippen LogP contribution in [0.5, 0.6) is 11.5 Å². The molecular weight excluding hydrogens is 226 g/mol. The third kappa shape index (κ3) is 3.02. The monoisotopic (exact) mass is 243 g/mol. The lowest BCUT2D eigenvalue weighted by atomic mass is 10.1. The van der Waals surface area contributed by atoms with Crippen LogP contribution in [-0.4, -0.2) is 7.11 Å². The van der Waals surface area contributed by atoms with Crippen LogP contribution in [0.1, 0.15) is 11.1 Å². The second kappa shape index (κ2) is 6.07. The van der Waals surface area contributed by atoms with Crippen LogP contribution in [-0.2, 0) is 13.2 Å². The van der Waals surface area contributed by atoms with Gasteiger partial charge in [-0.1, -0.05) is 30.3 Å². The number of methoxy groups -OCH3 is 1. The molecule has 0 fully saturated rings. The third-order valence-corrected chi connectivity index (χ3v) is 2.77. The van der Waals surface area contributed by atoms with E-state index in [-0.39, 0.29) is 0 Å². The van der Waals surface area contributed by atoms with E-state index in [0.717, 1.165) is 22.6 Å². The Bertz CT molecular complexity index is 511. The van der Waals surface area contributed by atoms with Crippen molar-refractivity contribution in [1.82, 2.24) is 0 Å².